The maximum atomic E-state index is 6.58. The minimum Gasteiger partial charge on any atom is -0.497 e. The molecule has 3 heteroatoms. The highest BCUT2D eigenvalue weighted by Crippen LogP contribution is 2.33. The molecular weight excluding hydrogens is 248 g/mol. The Morgan fingerprint density at radius 3 is 2.55 bits per heavy atom. The van der Waals surface area contributed by atoms with E-state index in [1.54, 1.807) is 7.11 Å². The van der Waals surface area contributed by atoms with Gasteiger partial charge in [0.05, 0.1) is 7.11 Å². The second-order valence-corrected chi connectivity index (χ2v) is 5.73. The van der Waals surface area contributed by atoms with Crippen LogP contribution in [0.5, 0.6) is 5.75 Å². The van der Waals surface area contributed by atoms with Crippen LogP contribution in [0.3, 0.4) is 0 Å². The largest absolute Gasteiger partial charge is 0.497 e. The molecule has 0 fully saturated rings. The smallest absolute Gasteiger partial charge is 0.119 e. The van der Waals surface area contributed by atoms with E-state index in [1.807, 2.05) is 6.07 Å². The average molecular weight is 276 g/mol. The van der Waals surface area contributed by atoms with Crippen LogP contribution in [0.15, 0.2) is 18.2 Å². The van der Waals surface area contributed by atoms with E-state index in [9.17, 15) is 0 Å². The number of ether oxygens (including phenoxy) is 1. The number of benzene rings is 1. The molecule has 0 spiro atoms. The van der Waals surface area contributed by atoms with Crippen LogP contribution in [0.4, 0.5) is 0 Å². The number of nitrogens with zero attached hydrogens (tertiary/aromatic N) is 1. The number of nitrogens with two attached hydrogens (primary N) is 1. The standard InChI is InChI=1S/C17H28N2O/c1-4-10-19(11-5-2)16-9-7-13-6-8-14(20-3)12-15(13)17(16)18/h6,8,12,16-17H,4-5,7,9-11,18H2,1-3H3. The van der Waals surface area contributed by atoms with Crippen molar-refractivity contribution >= 4 is 0 Å². The Hall–Kier alpha value is -1.06. The van der Waals surface area contributed by atoms with Gasteiger partial charge in [0, 0.05) is 12.1 Å². The van der Waals surface area contributed by atoms with Crippen LogP contribution in [-0.2, 0) is 6.42 Å². The number of fused-ring (bicyclic) bond motifs is 1. The summed E-state index contributed by atoms with van der Waals surface area (Å²) in [6, 6.07) is 6.92. The number of rotatable bonds is 6. The second-order valence-electron chi connectivity index (χ2n) is 5.73. The zero-order chi connectivity index (χ0) is 14.5. The Kier molecular flexibility index (Phi) is 5.44. The molecule has 1 aliphatic carbocycles. The molecule has 1 aliphatic rings. The molecule has 0 heterocycles. The third-order valence-corrected chi connectivity index (χ3v) is 4.33. The first-order valence-electron chi connectivity index (χ1n) is 7.87. The molecule has 2 N–H and O–H groups in total. The maximum Gasteiger partial charge on any atom is 0.119 e. The average Bonchev–Trinajstić information content (AvgIpc) is 2.47. The Labute approximate surface area is 123 Å². The molecule has 0 radical (unpaired) electrons. The van der Waals surface area contributed by atoms with Gasteiger partial charge < -0.3 is 10.5 Å². The lowest BCUT2D eigenvalue weighted by Gasteiger charge is -2.39. The van der Waals surface area contributed by atoms with Gasteiger partial charge in [-0.15, -0.1) is 0 Å². The lowest BCUT2D eigenvalue weighted by Crippen LogP contribution is -2.46. The fourth-order valence-corrected chi connectivity index (χ4v) is 3.36. The van der Waals surface area contributed by atoms with Crippen molar-refractivity contribution in [2.45, 2.75) is 51.6 Å². The molecule has 1 aromatic rings. The molecule has 0 amide bonds. The summed E-state index contributed by atoms with van der Waals surface area (Å²) in [6.07, 6.45) is 4.67. The van der Waals surface area contributed by atoms with Gasteiger partial charge in [-0.2, -0.15) is 0 Å². The number of methoxy groups -OCH3 is 1. The second kappa shape index (κ2) is 7.09. The molecule has 0 saturated heterocycles. The van der Waals surface area contributed by atoms with Gasteiger partial charge in [0.2, 0.25) is 0 Å². The van der Waals surface area contributed by atoms with E-state index in [2.05, 4.69) is 30.9 Å². The molecular formula is C17H28N2O. The summed E-state index contributed by atoms with van der Waals surface area (Å²) in [4.78, 5) is 2.58. The first-order chi connectivity index (χ1) is 9.71. The van der Waals surface area contributed by atoms with Crippen molar-refractivity contribution in [2.75, 3.05) is 20.2 Å². The zero-order valence-corrected chi connectivity index (χ0v) is 13.1. The summed E-state index contributed by atoms with van der Waals surface area (Å²) in [6.45, 7) is 6.78. The van der Waals surface area contributed by atoms with Crippen molar-refractivity contribution < 1.29 is 4.74 Å². The Morgan fingerprint density at radius 1 is 1.25 bits per heavy atom. The van der Waals surface area contributed by atoms with E-state index >= 15 is 0 Å². The predicted molar refractivity (Wildman–Crippen MR) is 84.2 cm³/mol. The van der Waals surface area contributed by atoms with Crippen molar-refractivity contribution in [3.63, 3.8) is 0 Å². The highest BCUT2D eigenvalue weighted by molar-refractivity contribution is 5.40. The first-order valence-corrected chi connectivity index (χ1v) is 7.87. The summed E-state index contributed by atoms with van der Waals surface area (Å²) < 4.78 is 5.35. The quantitative estimate of drug-likeness (QED) is 0.867. The molecule has 0 aromatic heterocycles. The molecule has 2 atom stereocenters. The van der Waals surface area contributed by atoms with E-state index in [-0.39, 0.29) is 6.04 Å². The third kappa shape index (κ3) is 3.15. The van der Waals surface area contributed by atoms with Crippen LogP contribution < -0.4 is 10.5 Å². The van der Waals surface area contributed by atoms with Gasteiger partial charge in [-0.25, -0.2) is 0 Å². The van der Waals surface area contributed by atoms with E-state index in [0.717, 1.165) is 25.3 Å². The van der Waals surface area contributed by atoms with Gasteiger partial charge in [-0.05, 0) is 62.0 Å². The Bertz CT molecular complexity index is 427. The number of hydrogen-bond acceptors (Lipinski definition) is 3. The van der Waals surface area contributed by atoms with Gasteiger partial charge in [-0.3, -0.25) is 4.90 Å². The lowest BCUT2D eigenvalue weighted by atomic mass is 9.83. The summed E-state index contributed by atoms with van der Waals surface area (Å²) in [7, 11) is 1.72. The van der Waals surface area contributed by atoms with Crippen molar-refractivity contribution in [3.05, 3.63) is 29.3 Å². The highest BCUT2D eigenvalue weighted by Gasteiger charge is 2.30. The Balaban J connectivity index is 2.22. The lowest BCUT2D eigenvalue weighted by molar-refractivity contribution is 0.155. The third-order valence-electron chi connectivity index (χ3n) is 4.33. The molecule has 112 valence electrons. The number of hydrogen-bond donors (Lipinski definition) is 1. The monoisotopic (exact) mass is 276 g/mol. The van der Waals surface area contributed by atoms with Gasteiger partial charge in [0.15, 0.2) is 0 Å². The molecule has 0 aliphatic heterocycles. The summed E-state index contributed by atoms with van der Waals surface area (Å²) in [5.74, 6) is 0.914. The molecule has 2 rings (SSSR count). The van der Waals surface area contributed by atoms with Gasteiger partial charge in [0.1, 0.15) is 5.75 Å². The van der Waals surface area contributed by atoms with Crippen molar-refractivity contribution in [1.82, 2.24) is 4.90 Å². The van der Waals surface area contributed by atoms with E-state index in [0.29, 0.717) is 6.04 Å². The minimum atomic E-state index is 0.104. The normalized spacial score (nSPS) is 21.9. The summed E-state index contributed by atoms with van der Waals surface area (Å²) in [5, 5.41) is 0. The van der Waals surface area contributed by atoms with Crippen LogP contribution >= 0.6 is 0 Å². The molecule has 2 unspecified atom stereocenters. The number of aryl methyl sites for hydroxylation is 1. The van der Waals surface area contributed by atoms with E-state index in [1.165, 1.54) is 30.4 Å². The SMILES string of the molecule is CCCN(CCC)C1CCc2ccc(OC)cc2C1N. The fraction of sp³-hybridized carbons (Fsp3) is 0.647. The summed E-state index contributed by atoms with van der Waals surface area (Å²) in [5.41, 5.74) is 9.25. The van der Waals surface area contributed by atoms with Crippen LogP contribution in [-0.4, -0.2) is 31.1 Å². The molecule has 3 nitrogen and oxygen atoms in total. The highest BCUT2D eigenvalue weighted by atomic mass is 16.5. The maximum absolute atomic E-state index is 6.58. The Morgan fingerprint density at radius 2 is 1.95 bits per heavy atom. The first kappa shape index (κ1) is 15.3. The van der Waals surface area contributed by atoms with Crippen molar-refractivity contribution in [3.8, 4) is 5.75 Å². The molecule has 1 aromatic carbocycles. The van der Waals surface area contributed by atoms with Gasteiger partial charge >= 0.3 is 0 Å². The van der Waals surface area contributed by atoms with Crippen molar-refractivity contribution in [1.29, 1.82) is 0 Å². The fourth-order valence-electron chi connectivity index (χ4n) is 3.36. The van der Waals surface area contributed by atoms with Gasteiger partial charge in [-0.1, -0.05) is 19.9 Å². The van der Waals surface area contributed by atoms with Crippen LogP contribution in [0.2, 0.25) is 0 Å². The molecule has 20 heavy (non-hydrogen) atoms. The molecule has 0 saturated carbocycles. The van der Waals surface area contributed by atoms with E-state index < -0.39 is 0 Å². The van der Waals surface area contributed by atoms with Crippen LogP contribution in [0.25, 0.3) is 0 Å². The minimum absolute atomic E-state index is 0.104. The summed E-state index contributed by atoms with van der Waals surface area (Å²) >= 11 is 0. The van der Waals surface area contributed by atoms with Crippen LogP contribution in [0.1, 0.15) is 50.3 Å². The zero-order valence-electron chi connectivity index (χ0n) is 13.1. The van der Waals surface area contributed by atoms with Crippen molar-refractivity contribution in [2.24, 2.45) is 5.73 Å². The topological polar surface area (TPSA) is 38.5 Å². The van der Waals surface area contributed by atoms with Crippen LogP contribution in [0, 0.1) is 0 Å². The molecule has 0 bridgehead atoms. The van der Waals surface area contributed by atoms with E-state index in [4.69, 9.17) is 10.5 Å². The predicted octanol–water partition coefficient (Wildman–Crippen LogP) is 3.13. The van der Waals surface area contributed by atoms with Gasteiger partial charge in [0.25, 0.3) is 0 Å².